The quantitative estimate of drug-likeness (QED) is 0.814. The third-order valence-electron chi connectivity index (χ3n) is 2.64. The average molecular weight is 209 g/mol. The van der Waals surface area contributed by atoms with E-state index in [0.29, 0.717) is 0 Å². The summed E-state index contributed by atoms with van der Waals surface area (Å²) in [5.41, 5.74) is 1.21. The van der Waals surface area contributed by atoms with Crippen molar-refractivity contribution in [2.24, 2.45) is 5.92 Å². The number of nitrogens with one attached hydrogen (secondary N) is 1. The summed E-state index contributed by atoms with van der Waals surface area (Å²) in [5, 5.41) is 2.97. The number of rotatable bonds is 3. The molecule has 1 aliphatic carbocycles. The number of carbonyl (C=O) groups is 1. The smallest absolute Gasteiger partial charge is 0.261 e. The van der Waals surface area contributed by atoms with Crippen molar-refractivity contribution in [1.29, 1.82) is 0 Å². The van der Waals surface area contributed by atoms with Gasteiger partial charge in [-0.05, 0) is 44.2 Å². The number of hydrogen-bond acceptors (Lipinski definition) is 2. The summed E-state index contributed by atoms with van der Waals surface area (Å²) >= 11 is 1.58. The molecule has 1 amide bonds. The summed E-state index contributed by atoms with van der Waals surface area (Å²) in [4.78, 5) is 13.7. The third kappa shape index (κ3) is 2.15. The first kappa shape index (κ1) is 9.71. The Morgan fingerprint density at radius 1 is 1.57 bits per heavy atom. The van der Waals surface area contributed by atoms with Gasteiger partial charge in [0.2, 0.25) is 0 Å². The average Bonchev–Trinajstić information content (AvgIpc) is 2.91. The highest BCUT2D eigenvalue weighted by atomic mass is 32.1. The van der Waals surface area contributed by atoms with Crippen molar-refractivity contribution in [1.82, 2.24) is 5.32 Å². The van der Waals surface area contributed by atoms with Gasteiger partial charge in [0, 0.05) is 11.4 Å². The molecule has 1 aromatic heterocycles. The topological polar surface area (TPSA) is 29.1 Å². The van der Waals surface area contributed by atoms with Gasteiger partial charge in [0.05, 0.1) is 4.88 Å². The molecule has 2 rings (SSSR count). The van der Waals surface area contributed by atoms with Gasteiger partial charge in [0.15, 0.2) is 0 Å². The molecule has 2 nitrogen and oxygen atoms in total. The fraction of sp³-hybridized carbons (Fsp3) is 0.545. The lowest BCUT2D eigenvalue weighted by molar-refractivity contribution is 0.0956. The Bertz CT molecular complexity index is 333. The van der Waals surface area contributed by atoms with Crippen LogP contribution in [0.2, 0.25) is 0 Å². The first-order valence-corrected chi connectivity index (χ1v) is 5.83. The molecule has 0 spiro atoms. The number of hydrogen-bond donors (Lipinski definition) is 1. The molecule has 1 saturated carbocycles. The van der Waals surface area contributed by atoms with Gasteiger partial charge < -0.3 is 5.32 Å². The highest BCUT2D eigenvalue weighted by Crippen LogP contribution is 2.28. The van der Waals surface area contributed by atoms with Crippen molar-refractivity contribution in [3.63, 3.8) is 0 Å². The van der Waals surface area contributed by atoms with E-state index in [1.807, 2.05) is 13.0 Å². The molecule has 0 unspecified atom stereocenters. The van der Waals surface area contributed by atoms with Gasteiger partial charge in [0.1, 0.15) is 0 Å². The van der Waals surface area contributed by atoms with Crippen molar-refractivity contribution >= 4 is 17.2 Å². The molecular weight excluding hydrogens is 194 g/mol. The predicted octanol–water partition coefficient (Wildman–Crippen LogP) is 2.50. The van der Waals surface area contributed by atoms with Crippen LogP contribution in [0.3, 0.4) is 0 Å². The predicted molar refractivity (Wildman–Crippen MR) is 58.9 cm³/mol. The molecule has 1 aromatic rings. The van der Waals surface area contributed by atoms with Crippen molar-refractivity contribution < 1.29 is 4.79 Å². The summed E-state index contributed by atoms with van der Waals surface area (Å²) in [6, 6.07) is 1.97. The zero-order valence-corrected chi connectivity index (χ0v) is 9.41. The van der Waals surface area contributed by atoms with Crippen LogP contribution in [-0.4, -0.2) is 12.5 Å². The van der Waals surface area contributed by atoms with Crippen molar-refractivity contribution in [3.05, 3.63) is 21.4 Å². The minimum atomic E-state index is 0.0955. The van der Waals surface area contributed by atoms with Crippen LogP contribution in [-0.2, 0) is 0 Å². The molecule has 3 heteroatoms. The monoisotopic (exact) mass is 209 g/mol. The van der Waals surface area contributed by atoms with E-state index in [-0.39, 0.29) is 5.91 Å². The van der Waals surface area contributed by atoms with Crippen LogP contribution < -0.4 is 5.32 Å². The van der Waals surface area contributed by atoms with Gasteiger partial charge in [0.25, 0.3) is 5.91 Å². The summed E-state index contributed by atoms with van der Waals surface area (Å²) in [7, 11) is 0. The lowest BCUT2D eigenvalue weighted by Crippen LogP contribution is -2.24. The molecule has 1 heterocycles. The zero-order chi connectivity index (χ0) is 10.1. The molecule has 0 saturated heterocycles. The van der Waals surface area contributed by atoms with Gasteiger partial charge in [-0.1, -0.05) is 0 Å². The zero-order valence-electron chi connectivity index (χ0n) is 8.59. The molecule has 0 atom stereocenters. The van der Waals surface area contributed by atoms with Crippen molar-refractivity contribution in [3.8, 4) is 0 Å². The Balaban J connectivity index is 1.95. The summed E-state index contributed by atoms with van der Waals surface area (Å²) in [6.45, 7) is 4.95. The molecule has 1 N–H and O–H groups in total. The van der Waals surface area contributed by atoms with Gasteiger partial charge in [-0.3, -0.25) is 4.79 Å². The second-order valence-corrected chi connectivity index (χ2v) is 5.26. The van der Waals surface area contributed by atoms with Crippen LogP contribution in [0.4, 0.5) is 0 Å². The molecule has 0 aromatic carbocycles. The van der Waals surface area contributed by atoms with E-state index in [9.17, 15) is 4.79 Å². The maximum atomic E-state index is 11.6. The lowest BCUT2D eigenvalue weighted by atomic mass is 10.3. The van der Waals surface area contributed by atoms with Gasteiger partial charge >= 0.3 is 0 Å². The normalized spacial score (nSPS) is 15.6. The molecule has 76 valence electrons. The second-order valence-electron chi connectivity index (χ2n) is 4.00. The van der Waals surface area contributed by atoms with Crippen molar-refractivity contribution in [2.75, 3.05) is 6.54 Å². The highest BCUT2D eigenvalue weighted by molar-refractivity contribution is 7.14. The van der Waals surface area contributed by atoms with Crippen LogP contribution in [0.25, 0.3) is 0 Å². The van der Waals surface area contributed by atoms with E-state index in [1.165, 1.54) is 23.3 Å². The fourth-order valence-corrected chi connectivity index (χ4v) is 2.28. The van der Waals surface area contributed by atoms with Crippen molar-refractivity contribution in [2.45, 2.75) is 26.7 Å². The van der Waals surface area contributed by atoms with Crippen LogP contribution in [0.5, 0.6) is 0 Å². The Morgan fingerprint density at radius 2 is 2.29 bits per heavy atom. The van der Waals surface area contributed by atoms with Gasteiger partial charge in [-0.2, -0.15) is 0 Å². The molecular formula is C11H15NOS. The van der Waals surface area contributed by atoms with E-state index in [1.54, 1.807) is 11.3 Å². The van der Waals surface area contributed by atoms with E-state index in [4.69, 9.17) is 0 Å². The first-order chi connectivity index (χ1) is 6.66. The second kappa shape index (κ2) is 3.73. The molecule has 1 aliphatic rings. The summed E-state index contributed by atoms with van der Waals surface area (Å²) < 4.78 is 0. The largest absolute Gasteiger partial charge is 0.351 e. The number of thiophene rings is 1. The molecule has 0 bridgehead atoms. The maximum Gasteiger partial charge on any atom is 0.261 e. The Kier molecular flexibility index (Phi) is 2.59. The molecule has 14 heavy (non-hydrogen) atoms. The SMILES string of the molecule is Cc1cc(C(=O)NCC2CC2)sc1C. The molecule has 0 radical (unpaired) electrons. The van der Waals surface area contributed by atoms with E-state index < -0.39 is 0 Å². The van der Waals surface area contributed by atoms with Gasteiger partial charge in [-0.15, -0.1) is 11.3 Å². The summed E-state index contributed by atoms with van der Waals surface area (Å²) in [5.74, 6) is 0.846. The number of carbonyl (C=O) groups excluding carboxylic acids is 1. The Morgan fingerprint density at radius 3 is 2.79 bits per heavy atom. The maximum absolute atomic E-state index is 11.6. The lowest BCUT2D eigenvalue weighted by Gasteiger charge is -2.00. The third-order valence-corrected chi connectivity index (χ3v) is 3.79. The Labute approximate surface area is 88.3 Å². The minimum Gasteiger partial charge on any atom is -0.351 e. The van der Waals surface area contributed by atoms with Gasteiger partial charge in [-0.25, -0.2) is 0 Å². The van der Waals surface area contributed by atoms with Crippen LogP contribution in [0.15, 0.2) is 6.07 Å². The van der Waals surface area contributed by atoms with E-state index >= 15 is 0 Å². The van der Waals surface area contributed by atoms with E-state index in [2.05, 4.69) is 12.2 Å². The highest BCUT2D eigenvalue weighted by Gasteiger charge is 2.22. The molecule has 0 aliphatic heterocycles. The standard InChI is InChI=1S/C11H15NOS/c1-7-5-10(14-8(7)2)11(13)12-6-9-3-4-9/h5,9H,3-4,6H2,1-2H3,(H,12,13). The van der Waals surface area contributed by atoms with Crippen LogP contribution >= 0.6 is 11.3 Å². The molecule has 1 fully saturated rings. The van der Waals surface area contributed by atoms with Crippen LogP contribution in [0, 0.1) is 19.8 Å². The fourth-order valence-electron chi connectivity index (χ4n) is 1.33. The Hall–Kier alpha value is -0.830. The van der Waals surface area contributed by atoms with Crippen LogP contribution in [0.1, 0.15) is 33.0 Å². The summed E-state index contributed by atoms with van der Waals surface area (Å²) in [6.07, 6.45) is 2.56. The van der Waals surface area contributed by atoms with E-state index in [0.717, 1.165) is 17.3 Å². The number of aryl methyl sites for hydroxylation is 2. The number of amides is 1. The minimum absolute atomic E-state index is 0.0955. The first-order valence-electron chi connectivity index (χ1n) is 5.02.